The number of rotatable bonds is 3. The predicted octanol–water partition coefficient (Wildman–Crippen LogP) is 1.79. The predicted molar refractivity (Wildman–Crippen MR) is 62.2 cm³/mol. The number of ether oxygens (including phenoxy) is 1. The number of nitrogens with zero attached hydrogens (tertiary/aromatic N) is 2. The van der Waals surface area contributed by atoms with Crippen LogP contribution >= 0.6 is 0 Å². The lowest BCUT2D eigenvalue weighted by Gasteiger charge is -2.07. The molecular formula is C12H12N2O3. The van der Waals surface area contributed by atoms with Gasteiger partial charge in [-0.15, -0.1) is 0 Å². The Kier molecular flexibility index (Phi) is 2.82. The standard InChI is InChI=1S/C12H12N2O3/c1-14-7-13-10(11(14)12(15)16)8-5-3-4-6-9(8)17-2/h3-7H,1-2H3,(H,15,16). The average Bonchev–Trinajstić information content (AvgIpc) is 2.71. The zero-order valence-corrected chi connectivity index (χ0v) is 9.54. The Morgan fingerprint density at radius 3 is 2.76 bits per heavy atom. The van der Waals surface area contributed by atoms with Gasteiger partial charge in [0.05, 0.1) is 13.4 Å². The van der Waals surface area contributed by atoms with Crippen molar-refractivity contribution in [2.75, 3.05) is 7.11 Å². The molecule has 5 nitrogen and oxygen atoms in total. The number of para-hydroxylation sites is 1. The van der Waals surface area contributed by atoms with Crippen molar-refractivity contribution in [1.82, 2.24) is 9.55 Å². The molecule has 0 atom stereocenters. The third-order valence-corrected chi connectivity index (χ3v) is 2.50. The van der Waals surface area contributed by atoms with E-state index in [2.05, 4.69) is 4.98 Å². The summed E-state index contributed by atoms with van der Waals surface area (Å²) in [5.41, 5.74) is 1.24. The molecule has 0 saturated carbocycles. The molecule has 0 spiro atoms. The molecule has 17 heavy (non-hydrogen) atoms. The van der Waals surface area contributed by atoms with Crippen molar-refractivity contribution in [1.29, 1.82) is 0 Å². The van der Waals surface area contributed by atoms with Gasteiger partial charge in [-0.3, -0.25) is 0 Å². The lowest BCUT2D eigenvalue weighted by Crippen LogP contribution is -2.05. The van der Waals surface area contributed by atoms with Gasteiger partial charge in [0, 0.05) is 12.6 Å². The van der Waals surface area contributed by atoms with Crippen LogP contribution in [0.25, 0.3) is 11.3 Å². The van der Waals surface area contributed by atoms with E-state index in [1.165, 1.54) is 10.9 Å². The van der Waals surface area contributed by atoms with Crippen LogP contribution in [-0.4, -0.2) is 27.7 Å². The molecule has 2 aromatic rings. The molecule has 1 aromatic heterocycles. The van der Waals surface area contributed by atoms with Crippen molar-refractivity contribution in [2.45, 2.75) is 0 Å². The Morgan fingerprint density at radius 2 is 2.12 bits per heavy atom. The van der Waals surface area contributed by atoms with E-state index in [1.54, 1.807) is 26.3 Å². The van der Waals surface area contributed by atoms with E-state index in [-0.39, 0.29) is 5.69 Å². The van der Waals surface area contributed by atoms with Crippen molar-refractivity contribution in [3.63, 3.8) is 0 Å². The summed E-state index contributed by atoms with van der Waals surface area (Å²) < 4.78 is 6.68. The maximum atomic E-state index is 11.2. The fraction of sp³-hybridized carbons (Fsp3) is 0.167. The van der Waals surface area contributed by atoms with E-state index in [4.69, 9.17) is 9.84 Å². The first-order valence-corrected chi connectivity index (χ1v) is 5.03. The van der Waals surface area contributed by atoms with Crippen LogP contribution in [0, 0.1) is 0 Å². The minimum Gasteiger partial charge on any atom is -0.496 e. The molecule has 0 saturated heterocycles. The SMILES string of the molecule is COc1ccccc1-c1ncn(C)c1C(=O)O. The van der Waals surface area contributed by atoms with Crippen LogP contribution in [0.4, 0.5) is 0 Å². The second-order valence-corrected chi connectivity index (χ2v) is 3.56. The highest BCUT2D eigenvalue weighted by Gasteiger charge is 2.19. The number of carbonyl (C=O) groups is 1. The zero-order valence-electron chi connectivity index (χ0n) is 9.54. The van der Waals surface area contributed by atoms with Gasteiger partial charge in [0.25, 0.3) is 0 Å². The number of imidazole rings is 1. The highest BCUT2D eigenvalue weighted by atomic mass is 16.5. The Labute approximate surface area is 98.3 Å². The number of aryl methyl sites for hydroxylation is 1. The van der Waals surface area contributed by atoms with Crippen LogP contribution in [0.1, 0.15) is 10.5 Å². The molecule has 0 aliphatic heterocycles. The van der Waals surface area contributed by atoms with Crippen LogP contribution in [0.5, 0.6) is 5.75 Å². The van der Waals surface area contributed by atoms with Gasteiger partial charge in [-0.05, 0) is 12.1 Å². The summed E-state index contributed by atoms with van der Waals surface area (Å²) >= 11 is 0. The van der Waals surface area contributed by atoms with Gasteiger partial charge in [0.1, 0.15) is 11.4 Å². The number of hydrogen-bond acceptors (Lipinski definition) is 3. The maximum absolute atomic E-state index is 11.2. The van der Waals surface area contributed by atoms with Crippen molar-refractivity contribution in [3.05, 3.63) is 36.3 Å². The van der Waals surface area contributed by atoms with Crippen LogP contribution in [-0.2, 0) is 7.05 Å². The number of methoxy groups -OCH3 is 1. The van der Waals surface area contributed by atoms with Crippen molar-refractivity contribution in [2.24, 2.45) is 7.05 Å². The van der Waals surface area contributed by atoms with Crippen LogP contribution in [0.2, 0.25) is 0 Å². The molecule has 5 heteroatoms. The Morgan fingerprint density at radius 1 is 1.41 bits per heavy atom. The summed E-state index contributed by atoms with van der Waals surface area (Å²) in [7, 11) is 3.19. The van der Waals surface area contributed by atoms with Crippen LogP contribution in [0.15, 0.2) is 30.6 Å². The zero-order chi connectivity index (χ0) is 12.4. The van der Waals surface area contributed by atoms with Gasteiger partial charge in [0.2, 0.25) is 0 Å². The van der Waals surface area contributed by atoms with E-state index in [0.717, 1.165) is 0 Å². The number of carboxylic acids is 1. The molecule has 1 aromatic carbocycles. The van der Waals surface area contributed by atoms with Gasteiger partial charge in [-0.1, -0.05) is 12.1 Å². The lowest BCUT2D eigenvalue weighted by molar-refractivity contribution is 0.0687. The fourth-order valence-electron chi connectivity index (χ4n) is 1.72. The molecule has 0 amide bonds. The lowest BCUT2D eigenvalue weighted by atomic mass is 10.1. The monoisotopic (exact) mass is 232 g/mol. The third kappa shape index (κ3) is 1.87. The van der Waals surface area contributed by atoms with Crippen LogP contribution < -0.4 is 4.74 Å². The number of aromatic carboxylic acids is 1. The average molecular weight is 232 g/mol. The first kappa shape index (κ1) is 11.2. The smallest absolute Gasteiger partial charge is 0.354 e. The molecular weight excluding hydrogens is 220 g/mol. The summed E-state index contributed by atoms with van der Waals surface area (Å²) in [5.74, 6) is -0.403. The first-order valence-electron chi connectivity index (χ1n) is 5.03. The molecule has 0 bridgehead atoms. The van der Waals surface area contributed by atoms with Crippen molar-refractivity contribution < 1.29 is 14.6 Å². The van der Waals surface area contributed by atoms with Gasteiger partial charge < -0.3 is 14.4 Å². The fourth-order valence-corrected chi connectivity index (χ4v) is 1.72. The van der Waals surface area contributed by atoms with Gasteiger partial charge in [-0.25, -0.2) is 9.78 Å². The molecule has 0 unspecified atom stereocenters. The molecule has 0 radical (unpaired) electrons. The summed E-state index contributed by atoms with van der Waals surface area (Å²) in [4.78, 5) is 15.3. The Hall–Kier alpha value is -2.30. The first-order chi connectivity index (χ1) is 8.15. The maximum Gasteiger partial charge on any atom is 0.354 e. The third-order valence-electron chi connectivity index (χ3n) is 2.50. The largest absolute Gasteiger partial charge is 0.496 e. The highest BCUT2D eigenvalue weighted by molar-refractivity contribution is 5.94. The van der Waals surface area contributed by atoms with Gasteiger partial charge in [-0.2, -0.15) is 0 Å². The summed E-state index contributed by atoms with van der Waals surface area (Å²) in [6.45, 7) is 0. The Balaban J connectivity index is 2.65. The minimum absolute atomic E-state index is 0.148. The van der Waals surface area contributed by atoms with E-state index >= 15 is 0 Å². The minimum atomic E-state index is -1.01. The second kappa shape index (κ2) is 4.29. The molecule has 2 rings (SSSR count). The molecule has 0 aliphatic rings. The van der Waals surface area contributed by atoms with E-state index < -0.39 is 5.97 Å². The van der Waals surface area contributed by atoms with Crippen molar-refractivity contribution >= 4 is 5.97 Å². The van der Waals surface area contributed by atoms with Crippen LogP contribution in [0.3, 0.4) is 0 Å². The number of aromatic nitrogens is 2. The van der Waals surface area contributed by atoms with E-state index in [9.17, 15) is 4.79 Å². The van der Waals surface area contributed by atoms with Gasteiger partial charge >= 0.3 is 5.97 Å². The number of benzene rings is 1. The number of carboxylic acid groups (broad SMARTS) is 1. The van der Waals surface area contributed by atoms with E-state index in [0.29, 0.717) is 17.0 Å². The highest BCUT2D eigenvalue weighted by Crippen LogP contribution is 2.30. The molecule has 0 fully saturated rings. The van der Waals surface area contributed by atoms with Gasteiger partial charge in [0.15, 0.2) is 5.69 Å². The summed E-state index contributed by atoms with van der Waals surface area (Å²) in [5, 5.41) is 9.16. The summed E-state index contributed by atoms with van der Waals surface area (Å²) in [6, 6.07) is 7.20. The van der Waals surface area contributed by atoms with Crippen molar-refractivity contribution in [3.8, 4) is 17.0 Å². The molecule has 0 aliphatic carbocycles. The topological polar surface area (TPSA) is 64.4 Å². The molecule has 88 valence electrons. The normalized spacial score (nSPS) is 10.2. The molecule has 1 N–H and O–H groups in total. The number of hydrogen-bond donors (Lipinski definition) is 1. The van der Waals surface area contributed by atoms with E-state index in [1.807, 2.05) is 12.1 Å². The quantitative estimate of drug-likeness (QED) is 0.876. The summed E-state index contributed by atoms with van der Waals surface area (Å²) in [6.07, 6.45) is 1.48. The Bertz CT molecular complexity index is 561. The second-order valence-electron chi connectivity index (χ2n) is 3.56. The molecule has 1 heterocycles.